The topological polar surface area (TPSA) is 26.3 Å². The second kappa shape index (κ2) is 4.81. The largest absolute Gasteiger partial charge is 0.377 e. The zero-order valence-electron chi connectivity index (χ0n) is 9.50. The van der Waals surface area contributed by atoms with E-state index in [1.165, 1.54) is 0 Å². The van der Waals surface area contributed by atoms with E-state index in [4.69, 9.17) is 4.74 Å². The van der Waals surface area contributed by atoms with Crippen molar-refractivity contribution < 1.29 is 9.53 Å². The summed E-state index contributed by atoms with van der Waals surface area (Å²) in [6.45, 7) is 5.92. The predicted octanol–water partition coefficient (Wildman–Crippen LogP) is 3.08. The van der Waals surface area contributed by atoms with Crippen molar-refractivity contribution in [2.45, 2.75) is 26.9 Å². The van der Waals surface area contributed by atoms with Gasteiger partial charge in [0.25, 0.3) is 0 Å². The molecule has 0 heterocycles. The molecular formula is C12H16O2S. The summed E-state index contributed by atoms with van der Waals surface area (Å²) in [6, 6.07) is 3.74. The monoisotopic (exact) mass is 224 g/mol. The molecule has 0 aliphatic carbocycles. The molecule has 1 atom stereocenters. The average Bonchev–Trinajstić information content (AvgIpc) is 2.16. The normalized spacial score (nSPS) is 12.6. The van der Waals surface area contributed by atoms with Crippen LogP contribution in [-0.2, 0) is 4.74 Å². The van der Waals surface area contributed by atoms with Gasteiger partial charge in [-0.1, -0.05) is 6.07 Å². The molecule has 0 spiro atoms. The maximum Gasteiger partial charge on any atom is 0.216 e. The van der Waals surface area contributed by atoms with E-state index in [2.05, 4.69) is 12.6 Å². The molecule has 0 fully saturated rings. The number of methoxy groups -OCH3 is 1. The fourth-order valence-corrected chi connectivity index (χ4v) is 2.08. The molecule has 1 rings (SSSR count). The van der Waals surface area contributed by atoms with Gasteiger partial charge < -0.3 is 4.74 Å². The first-order chi connectivity index (χ1) is 6.99. The molecule has 0 aromatic heterocycles. The molecule has 1 aromatic rings. The Morgan fingerprint density at radius 2 is 2.00 bits per heavy atom. The molecule has 2 nitrogen and oxygen atoms in total. The summed E-state index contributed by atoms with van der Waals surface area (Å²) in [5.74, 6) is 0. The lowest BCUT2D eigenvalue weighted by molar-refractivity contribution is 0.108. The van der Waals surface area contributed by atoms with E-state index in [1.54, 1.807) is 7.11 Å². The van der Waals surface area contributed by atoms with Gasteiger partial charge in [-0.05, 0) is 43.5 Å². The van der Waals surface area contributed by atoms with E-state index < -0.39 is 0 Å². The molecule has 1 aromatic carbocycles. The van der Waals surface area contributed by atoms with Gasteiger partial charge in [0, 0.05) is 12.7 Å². The van der Waals surface area contributed by atoms with Gasteiger partial charge in [-0.3, -0.25) is 4.79 Å². The number of thiol groups is 1. The molecule has 0 saturated carbocycles. The first-order valence-corrected chi connectivity index (χ1v) is 5.30. The summed E-state index contributed by atoms with van der Waals surface area (Å²) in [7, 11) is 1.67. The number of carbonyl (C=O) groups excluding carboxylic acids is 1. The SMILES string of the molecule is CO[C@H](C)c1c(C)ccc(C(=O)S)c1C. The van der Waals surface area contributed by atoms with Crippen molar-refractivity contribution in [2.75, 3.05) is 7.11 Å². The van der Waals surface area contributed by atoms with Gasteiger partial charge in [0.15, 0.2) is 0 Å². The Labute approximate surface area is 96.1 Å². The Balaban J connectivity index is 3.36. The van der Waals surface area contributed by atoms with Gasteiger partial charge in [-0.15, -0.1) is 12.6 Å². The number of aryl methyl sites for hydroxylation is 1. The molecule has 0 aliphatic rings. The predicted molar refractivity (Wildman–Crippen MR) is 64.7 cm³/mol. The fourth-order valence-electron chi connectivity index (χ4n) is 1.84. The Bertz CT molecular complexity index is 385. The third-order valence-electron chi connectivity index (χ3n) is 2.72. The van der Waals surface area contributed by atoms with Gasteiger partial charge in [0.2, 0.25) is 5.12 Å². The lowest BCUT2D eigenvalue weighted by Gasteiger charge is -2.17. The quantitative estimate of drug-likeness (QED) is 0.799. The van der Waals surface area contributed by atoms with Crippen LogP contribution in [0.3, 0.4) is 0 Å². The van der Waals surface area contributed by atoms with Crippen molar-refractivity contribution >= 4 is 17.7 Å². The van der Waals surface area contributed by atoms with Crippen molar-refractivity contribution in [1.82, 2.24) is 0 Å². The van der Waals surface area contributed by atoms with Gasteiger partial charge >= 0.3 is 0 Å². The van der Waals surface area contributed by atoms with Crippen LogP contribution in [0.2, 0.25) is 0 Å². The molecule has 0 radical (unpaired) electrons. The maximum absolute atomic E-state index is 11.3. The highest BCUT2D eigenvalue weighted by Gasteiger charge is 2.15. The summed E-state index contributed by atoms with van der Waals surface area (Å²) in [5, 5.41) is -0.197. The Morgan fingerprint density at radius 3 is 2.47 bits per heavy atom. The van der Waals surface area contributed by atoms with Crippen molar-refractivity contribution in [3.05, 3.63) is 34.4 Å². The van der Waals surface area contributed by atoms with Crippen LogP contribution < -0.4 is 0 Å². The van der Waals surface area contributed by atoms with E-state index in [0.29, 0.717) is 5.56 Å². The first-order valence-electron chi connectivity index (χ1n) is 4.85. The van der Waals surface area contributed by atoms with Crippen LogP contribution in [0, 0.1) is 13.8 Å². The van der Waals surface area contributed by atoms with Crippen LogP contribution in [0.15, 0.2) is 12.1 Å². The van der Waals surface area contributed by atoms with Crippen molar-refractivity contribution in [1.29, 1.82) is 0 Å². The molecule has 0 saturated heterocycles. The summed E-state index contributed by atoms with van der Waals surface area (Å²) >= 11 is 3.86. The Kier molecular flexibility index (Phi) is 3.94. The highest BCUT2D eigenvalue weighted by Crippen LogP contribution is 2.27. The molecule has 15 heavy (non-hydrogen) atoms. The van der Waals surface area contributed by atoms with Crippen LogP contribution in [-0.4, -0.2) is 12.2 Å². The average molecular weight is 224 g/mol. The number of carbonyl (C=O) groups is 1. The molecule has 0 amide bonds. The molecule has 0 N–H and O–H groups in total. The number of benzene rings is 1. The third-order valence-corrected chi connectivity index (χ3v) is 2.96. The van der Waals surface area contributed by atoms with Crippen LogP contribution in [0.4, 0.5) is 0 Å². The van der Waals surface area contributed by atoms with Gasteiger partial charge in [-0.25, -0.2) is 0 Å². The van der Waals surface area contributed by atoms with E-state index >= 15 is 0 Å². The molecular weight excluding hydrogens is 208 g/mol. The van der Waals surface area contributed by atoms with Gasteiger partial charge in [-0.2, -0.15) is 0 Å². The smallest absolute Gasteiger partial charge is 0.216 e. The zero-order chi connectivity index (χ0) is 11.6. The lowest BCUT2D eigenvalue weighted by atomic mass is 9.95. The van der Waals surface area contributed by atoms with Crippen LogP contribution >= 0.6 is 12.6 Å². The Morgan fingerprint density at radius 1 is 1.40 bits per heavy atom. The summed E-state index contributed by atoms with van der Waals surface area (Å²) < 4.78 is 5.30. The van der Waals surface area contributed by atoms with Gasteiger partial charge in [0.05, 0.1) is 6.10 Å². The van der Waals surface area contributed by atoms with Crippen molar-refractivity contribution in [3.63, 3.8) is 0 Å². The highest BCUT2D eigenvalue weighted by molar-refractivity contribution is 7.97. The molecule has 0 bridgehead atoms. The zero-order valence-corrected chi connectivity index (χ0v) is 10.4. The maximum atomic E-state index is 11.3. The highest BCUT2D eigenvalue weighted by atomic mass is 32.1. The van der Waals surface area contributed by atoms with E-state index in [9.17, 15) is 4.79 Å². The molecule has 0 aliphatic heterocycles. The van der Waals surface area contributed by atoms with E-state index in [1.807, 2.05) is 32.9 Å². The van der Waals surface area contributed by atoms with Crippen molar-refractivity contribution in [2.24, 2.45) is 0 Å². The first kappa shape index (κ1) is 12.3. The van der Waals surface area contributed by atoms with E-state index in [-0.39, 0.29) is 11.2 Å². The summed E-state index contributed by atoms with van der Waals surface area (Å²) in [6.07, 6.45) is -0.00219. The number of ether oxygens (including phenoxy) is 1. The van der Waals surface area contributed by atoms with Crippen LogP contribution in [0.25, 0.3) is 0 Å². The number of hydrogen-bond acceptors (Lipinski definition) is 2. The van der Waals surface area contributed by atoms with Crippen LogP contribution in [0.1, 0.15) is 40.1 Å². The lowest BCUT2D eigenvalue weighted by Crippen LogP contribution is -2.06. The minimum Gasteiger partial charge on any atom is -0.377 e. The fraction of sp³-hybridized carbons (Fsp3) is 0.417. The van der Waals surface area contributed by atoms with Crippen molar-refractivity contribution in [3.8, 4) is 0 Å². The second-order valence-electron chi connectivity index (χ2n) is 3.65. The van der Waals surface area contributed by atoms with Gasteiger partial charge in [0.1, 0.15) is 0 Å². The molecule has 82 valence electrons. The van der Waals surface area contributed by atoms with Crippen LogP contribution in [0.5, 0.6) is 0 Å². The summed E-state index contributed by atoms with van der Waals surface area (Å²) in [5.41, 5.74) is 3.84. The van der Waals surface area contributed by atoms with E-state index in [0.717, 1.165) is 16.7 Å². The minimum absolute atomic E-state index is 0.00219. The number of hydrogen-bond donors (Lipinski definition) is 1. The number of rotatable bonds is 3. The standard InChI is InChI=1S/C12H16O2S/c1-7-5-6-10(12(13)15)8(2)11(7)9(3)14-4/h5-6,9H,1-4H3,(H,13,15)/t9-/m1/s1. The molecule has 3 heteroatoms. The molecule has 0 unspecified atom stereocenters. The summed E-state index contributed by atoms with van der Waals surface area (Å²) in [4.78, 5) is 11.3. The third kappa shape index (κ3) is 2.41. The second-order valence-corrected chi connectivity index (χ2v) is 4.06. The Hall–Kier alpha value is -0.800. The minimum atomic E-state index is -0.197.